The predicted octanol–water partition coefficient (Wildman–Crippen LogP) is 3.18. The number of amides is 1. The van der Waals surface area contributed by atoms with Crippen molar-refractivity contribution >= 4 is 23.4 Å². The van der Waals surface area contributed by atoms with Crippen molar-refractivity contribution in [1.82, 2.24) is 20.1 Å². The quantitative estimate of drug-likeness (QED) is 0.636. The van der Waals surface area contributed by atoms with Crippen LogP contribution in [0.25, 0.3) is 0 Å². The predicted molar refractivity (Wildman–Crippen MR) is 97.1 cm³/mol. The van der Waals surface area contributed by atoms with E-state index in [2.05, 4.69) is 22.4 Å². The summed E-state index contributed by atoms with van der Waals surface area (Å²) in [4.78, 5) is 23.9. The van der Waals surface area contributed by atoms with E-state index in [4.69, 9.17) is 0 Å². The Labute approximate surface area is 155 Å². The van der Waals surface area contributed by atoms with Crippen LogP contribution in [0, 0.1) is 16.0 Å². The van der Waals surface area contributed by atoms with E-state index in [1.165, 1.54) is 12.4 Å². The van der Waals surface area contributed by atoms with Gasteiger partial charge in [0.1, 0.15) is 6.33 Å². The van der Waals surface area contributed by atoms with Crippen molar-refractivity contribution in [2.24, 2.45) is 13.0 Å². The van der Waals surface area contributed by atoms with Crippen molar-refractivity contribution in [2.75, 3.05) is 0 Å². The van der Waals surface area contributed by atoms with Crippen LogP contribution in [0.15, 0.2) is 34.6 Å². The van der Waals surface area contributed by atoms with Crippen molar-refractivity contribution in [3.05, 3.63) is 40.2 Å². The van der Waals surface area contributed by atoms with Crippen LogP contribution in [0.3, 0.4) is 0 Å². The number of aryl methyl sites for hydroxylation is 1. The Hall–Kier alpha value is -2.42. The molecule has 1 aromatic carbocycles. The van der Waals surface area contributed by atoms with Crippen molar-refractivity contribution in [2.45, 2.75) is 48.7 Å². The highest BCUT2D eigenvalue weighted by Gasteiger charge is 2.23. The second-order valence-electron chi connectivity index (χ2n) is 6.70. The molecular formula is C17H21N5O3S. The molecule has 0 spiro atoms. The van der Waals surface area contributed by atoms with Crippen LogP contribution in [0.1, 0.15) is 43.0 Å². The number of carbonyl (C=O) groups excluding carboxylic acids is 1. The molecule has 1 aliphatic carbocycles. The fraction of sp³-hybridized carbons (Fsp3) is 0.471. The van der Waals surface area contributed by atoms with E-state index in [0.717, 1.165) is 37.4 Å². The number of nitro groups is 1. The van der Waals surface area contributed by atoms with Gasteiger partial charge in [0.05, 0.1) is 9.82 Å². The lowest BCUT2D eigenvalue weighted by molar-refractivity contribution is -0.387. The van der Waals surface area contributed by atoms with E-state index in [1.807, 2.05) is 0 Å². The molecule has 3 rings (SSSR count). The molecule has 1 aromatic heterocycles. The zero-order valence-electron chi connectivity index (χ0n) is 14.7. The van der Waals surface area contributed by atoms with Crippen LogP contribution in [0.4, 0.5) is 5.69 Å². The van der Waals surface area contributed by atoms with Crippen LogP contribution in [0.5, 0.6) is 0 Å². The molecule has 0 unspecified atom stereocenters. The summed E-state index contributed by atoms with van der Waals surface area (Å²) >= 11 is 1.15. The minimum Gasteiger partial charge on any atom is -0.349 e. The minimum absolute atomic E-state index is 0.108. The lowest BCUT2D eigenvalue weighted by Gasteiger charge is -2.26. The van der Waals surface area contributed by atoms with Crippen molar-refractivity contribution in [3.8, 4) is 0 Å². The van der Waals surface area contributed by atoms with Crippen molar-refractivity contribution < 1.29 is 9.72 Å². The fourth-order valence-electron chi connectivity index (χ4n) is 3.02. The Bertz CT molecular complexity index is 814. The van der Waals surface area contributed by atoms with Gasteiger partial charge in [-0.05, 0) is 55.5 Å². The van der Waals surface area contributed by atoms with Crippen molar-refractivity contribution in [1.29, 1.82) is 0 Å². The van der Waals surface area contributed by atoms with Crippen LogP contribution < -0.4 is 5.32 Å². The Balaban J connectivity index is 1.76. The highest BCUT2D eigenvalue weighted by molar-refractivity contribution is 7.99. The Morgan fingerprint density at radius 2 is 2.08 bits per heavy atom. The normalized spacial score (nSPS) is 19.9. The van der Waals surface area contributed by atoms with E-state index in [-0.39, 0.29) is 17.6 Å². The van der Waals surface area contributed by atoms with Gasteiger partial charge in [-0.15, -0.1) is 10.2 Å². The van der Waals surface area contributed by atoms with Crippen LogP contribution in [-0.4, -0.2) is 31.6 Å². The third kappa shape index (κ3) is 4.21. The number of nitrogens with one attached hydrogen (secondary N) is 1. The van der Waals surface area contributed by atoms with Gasteiger partial charge in [-0.25, -0.2) is 0 Å². The van der Waals surface area contributed by atoms with Gasteiger partial charge in [-0.3, -0.25) is 14.9 Å². The molecule has 1 amide bonds. The number of hydrogen-bond acceptors (Lipinski definition) is 6. The first-order valence-corrected chi connectivity index (χ1v) is 9.37. The number of nitrogens with zero attached hydrogens (tertiary/aromatic N) is 4. The maximum absolute atomic E-state index is 12.5. The number of rotatable bonds is 5. The minimum atomic E-state index is -0.474. The molecular weight excluding hydrogens is 354 g/mol. The molecule has 1 heterocycles. The Morgan fingerprint density at radius 1 is 1.35 bits per heavy atom. The third-order valence-corrected chi connectivity index (χ3v) is 5.76. The molecule has 0 radical (unpaired) electrons. The van der Waals surface area contributed by atoms with Gasteiger partial charge < -0.3 is 9.88 Å². The first kappa shape index (κ1) is 18.4. The topological polar surface area (TPSA) is 103 Å². The lowest BCUT2D eigenvalue weighted by Crippen LogP contribution is -2.37. The number of hydrogen-bond donors (Lipinski definition) is 1. The second kappa shape index (κ2) is 7.86. The zero-order chi connectivity index (χ0) is 18.7. The monoisotopic (exact) mass is 375 g/mol. The first-order chi connectivity index (χ1) is 12.4. The zero-order valence-corrected chi connectivity index (χ0v) is 15.5. The Morgan fingerprint density at radius 3 is 2.69 bits per heavy atom. The average Bonchev–Trinajstić information content (AvgIpc) is 3.02. The van der Waals surface area contributed by atoms with Gasteiger partial charge in [-0.2, -0.15) is 0 Å². The van der Waals surface area contributed by atoms with E-state index in [0.29, 0.717) is 21.5 Å². The van der Waals surface area contributed by atoms with E-state index < -0.39 is 4.92 Å². The molecule has 0 aliphatic heterocycles. The molecule has 8 nitrogen and oxygen atoms in total. The summed E-state index contributed by atoms with van der Waals surface area (Å²) in [5, 5.41) is 22.7. The van der Waals surface area contributed by atoms with Crippen LogP contribution in [0.2, 0.25) is 0 Å². The Kier molecular flexibility index (Phi) is 5.55. The molecule has 1 saturated carbocycles. The van der Waals surface area contributed by atoms with Crippen LogP contribution in [-0.2, 0) is 7.05 Å². The fourth-order valence-corrected chi connectivity index (χ4v) is 3.87. The second-order valence-corrected chi connectivity index (χ2v) is 7.71. The van der Waals surface area contributed by atoms with Crippen LogP contribution >= 0.6 is 11.8 Å². The molecule has 138 valence electrons. The molecule has 2 aromatic rings. The SMILES string of the molecule is CC1CCC(NC(=O)c2ccc(Sc3nncn3C)c([N+](=O)[O-])c2)CC1. The molecule has 0 saturated heterocycles. The third-order valence-electron chi connectivity index (χ3n) is 4.64. The highest BCUT2D eigenvalue weighted by atomic mass is 32.2. The number of aromatic nitrogens is 3. The van der Waals surface area contributed by atoms with Gasteiger partial charge in [0, 0.05) is 24.7 Å². The molecule has 0 atom stereocenters. The summed E-state index contributed by atoms with van der Waals surface area (Å²) in [7, 11) is 1.76. The smallest absolute Gasteiger partial charge is 0.284 e. The summed E-state index contributed by atoms with van der Waals surface area (Å²) in [5.41, 5.74) is 0.195. The van der Waals surface area contributed by atoms with Gasteiger partial charge in [-0.1, -0.05) is 6.92 Å². The van der Waals surface area contributed by atoms with Gasteiger partial charge in [0.2, 0.25) is 0 Å². The number of nitro benzene ring substituents is 1. The van der Waals surface area contributed by atoms with Gasteiger partial charge in [0.15, 0.2) is 5.16 Å². The molecule has 9 heteroatoms. The maximum Gasteiger partial charge on any atom is 0.284 e. The summed E-state index contributed by atoms with van der Waals surface area (Å²) in [6, 6.07) is 4.69. The first-order valence-electron chi connectivity index (χ1n) is 8.55. The lowest BCUT2D eigenvalue weighted by atomic mass is 9.87. The summed E-state index contributed by atoms with van der Waals surface area (Å²) in [6.07, 6.45) is 5.63. The van der Waals surface area contributed by atoms with Gasteiger partial charge >= 0.3 is 0 Å². The van der Waals surface area contributed by atoms with E-state index in [9.17, 15) is 14.9 Å². The number of benzene rings is 1. The number of carbonyl (C=O) groups is 1. The molecule has 1 aliphatic rings. The standard InChI is InChI=1S/C17H21N5O3S/c1-11-3-6-13(7-4-11)19-16(23)12-5-8-15(14(9-12)22(24)25)26-17-20-18-10-21(17)2/h5,8-11,13H,3-4,6-7H2,1-2H3,(H,19,23). The summed E-state index contributed by atoms with van der Waals surface area (Å²) in [5.74, 6) is 0.434. The largest absolute Gasteiger partial charge is 0.349 e. The molecule has 1 N–H and O–H groups in total. The summed E-state index contributed by atoms with van der Waals surface area (Å²) in [6.45, 7) is 2.22. The summed E-state index contributed by atoms with van der Waals surface area (Å²) < 4.78 is 1.68. The van der Waals surface area contributed by atoms with Crippen molar-refractivity contribution in [3.63, 3.8) is 0 Å². The van der Waals surface area contributed by atoms with E-state index in [1.54, 1.807) is 23.7 Å². The van der Waals surface area contributed by atoms with Gasteiger partial charge in [0.25, 0.3) is 11.6 Å². The average molecular weight is 375 g/mol. The molecule has 26 heavy (non-hydrogen) atoms. The highest BCUT2D eigenvalue weighted by Crippen LogP contribution is 2.34. The van der Waals surface area contributed by atoms with E-state index >= 15 is 0 Å². The molecule has 0 bridgehead atoms. The maximum atomic E-state index is 12.5. The molecule has 1 fully saturated rings.